The summed E-state index contributed by atoms with van der Waals surface area (Å²) in [6.45, 7) is 3.73. The van der Waals surface area contributed by atoms with E-state index < -0.39 is 34.0 Å². The molecule has 13 heteroatoms. The third-order valence-electron chi connectivity index (χ3n) is 7.67. The number of ether oxygens (including phenoxy) is 3. The lowest BCUT2D eigenvalue weighted by molar-refractivity contribution is -0.144. The summed E-state index contributed by atoms with van der Waals surface area (Å²) in [7, 11) is -1.16. The molecule has 0 amide bonds. The van der Waals surface area contributed by atoms with Crippen LogP contribution in [0.15, 0.2) is 94.6 Å². The molecule has 0 saturated carbocycles. The summed E-state index contributed by atoms with van der Waals surface area (Å²) in [6.07, 6.45) is 3.83. The minimum atomic E-state index is -4.05. The fourth-order valence-corrected chi connectivity index (χ4v) is 6.01. The predicted octanol–water partition coefficient (Wildman–Crippen LogP) is 5.10. The fraction of sp³-hybridized carbons (Fsp3) is 0.235. The maximum atomic E-state index is 13.2. The van der Waals surface area contributed by atoms with E-state index in [9.17, 15) is 22.8 Å². The molecule has 2 heterocycles. The number of hydrogen-bond acceptors (Lipinski definition) is 10. The number of hydrogen-bond donors (Lipinski definition) is 1. The highest BCUT2D eigenvalue weighted by molar-refractivity contribution is 7.92. The predicted molar refractivity (Wildman–Crippen MR) is 174 cm³/mol. The number of carbonyl (C=O) groups excluding carboxylic acids is 3. The molecule has 5 rings (SSSR count). The van der Waals surface area contributed by atoms with Crippen molar-refractivity contribution in [2.45, 2.75) is 37.3 Å². The maximum absolute atomic E-state index is 13.2. The zero-order valence-electron chi connectivity index (χ0n) is 26.1. The zero-order valence-corrected chi connectivity index (χ0v) is 26.9. The van der Waals surface area contributed by atoms with Gasteiger partial charge in [0, 0.05) is 47.4 Å². The first kappa shape index (κ1) is 33.1. The molecule has 0 spiro atoms. The summed E-state index contributed by atoms with van der Waals surface area (Å²) in [6, 6.07) is 18.6. The highest BCUT2D eigenvalue weighted by Crippen LogP contribution is 2.30. The van der Waals surface area contributed by atoms with Crippen molar-refractivity contribution in [3.63, 3.8) is 0 Å². The topological polar surface area (TPSA) is 152 Å². The van der Waals surface area contributed by atoms with Gasteiger partial charge in [-0.05, 0) is 56.3 Å². The molecule has 244 valence electrons. The van der Waals surface area contributed by atoms with Crippen LogP contribution >= 0.6 is 0 Å². The number of esters is 2. The standard InChI is InChI=1S/C34H33N3O9S/c1-21(43-3)16-17-45-33(39)24-8-7-9-26(18-24)36-47(41,42)27-14-12-23(13-15-27)31-29(34(40)46-35-31)19-25-20-37(22(2)32(38)44-4)30-11-6-5-10-28(25)30/h5-15,18-22,36H,16-17H2,1-4H3/b29-19-. The summed E-state index contributed by atoms with van der Waals surface area (Å²) in [5, 5.41) is 4.74. The van der Waals surface area contributed by atoms with Gasteiger partial charge in [-0.1, -0.05) is 41.6 Å². The van der Waals surface area contributed by atoms with Crippen LogP contribution in [0.2, 0.25) is 0 Å². The number of methoxy groups -OCH3 is 2. The van der Waals surface area contributed by atoms with Crippen LogP contribution in [0.25, 0.3) is 17.0 Å². The zero-order chi connectivity index (χ0) is 33.7. The average molecular weight is 660 g/mol. The van der Waals surface area contributed by atoms with Crippen molar-refractivity contribution in [3.8, 4) is 0 Å². The van der Waals surface area contributed by atoms with Gasteiger partial charge in [0.25, 0.3) is 10.0 Å². The van der Waals surface area contributed by atoms with Crippen LogP contribution in [0.5, 0.6) is 0 Å². The summed E-state index contributed by atoms with van der Waals surface area (Å²) < 4.78 is 46.0. The van der Waals surface area contributed by atoms with E-state index in [2.05, 4.69) is 9.88 Å². The molecular weight excluding hydrogens is 626 g/mol. The number of oxime groups is 1. The van der Waals surface area contributed by atoms with Crippen molar-refractivity contribution in [1.29, 1.82) is 0 Å². The number of anilines is 1. The van der Waals surface area contributed by atoms with Gasteiger partial charge in [-0.3, -0.25) is 4.72 Å². The molecule has 2 atom stereocenters. The number of rotatable bonds is 12. The number of benzene rings is 3. The first-order valence-electron chi connectivity index (χ1n) is 14.6. The number of sulfonamides is 1. The number of nitrogens with zero attached hydrogens (tertiary/aromatic N) is 2. The van der Waals surface area contributed by atoms with Crippen LogP contribution in [0.3, 0.4) is 0 Å². The van der Waals surface area contributed by atoms with E-state index in [0.717, 1.165) is 10.9 Å². The van der Waals surface area contributed by atoms with Gasteiger partial charge in [0.1, 0.15) is 11.8 Å². The molecule has 0 saturated heterocycles. The quantitative estimate of drug-likeness (QED) is 0.124. The van der Waals surface area contributed by atoms with Crippen LogP contribution in [0.1, 0.15) is 47.8 Å². The number of carbonyl (C=O) groups is 3. The van der Waals surface area contributed by atoms with Gasteiger partial charge in [-0.15, -0.1) is 0 Å². The second-order valence-electron chi connectivity index (χ2n) is 10.8. The Morgan fingerprint density at radius 3 is 2.49 bits per heavy atom. The van der Waals surface area contributed by atoms with E-state index in [1.165, 1.54) is 49.6 Å². The molecule has 2 unspecified atom stereocenters. The van der Waals surface area contributed by atoms with E-state index in [1.807, 2.05) is 31.2 Å². The number of nitrogens with one attached hydrogen (secondary N) is 1. The third-order valence-corrected chi connectivity index (χ3v) is 9.07. The third kappa shape index (κ3) is 7.26. The van der Waals surface area contributed by atoms with Gasteiger partial charge in [0.2, 0.25) is 0 Å². The molecule has 1 N–H and O–H groups in total. The Balaban J connectivity index is 1.35. The van der Waals surface area contributed by atoms with Gasteiger partial charge < -0.3 is 23.6 Å². The van der Waals surface area contributed by atoms with Gasteiger partial charge in [0.15, 0.2) is 0 Å². The summed E-state index contributed by atoms with van der Waals surface area (Å²) in [5.41, 5.74) is 2.61. The fourth-order valence-electron chi connectivity index (χ4n) is 4.96. The maximum Gasteiger partial charge on any atom is 0.368 e. The van der Waals surface area contributed by atoms with Gasteiger partial charge in [-0.2, -0.15) is 0 Å². The molecule has 1 aromatic heterocycles. The number of fused-ring (bicyclic) bond motifs is 1. The number of aromatic nitrogens is 1. The van der Waals surface area contributed by atoms with Gasteiger partial charge in [0.05, 0.1) is 35.9 Å². The van der Waals surface area contributed by atoms with E-state index in [1.54, 1.807) is 36.9 Å². The van der Waals surface area contributed by atoms with Crippen LogP contribution in [0.4, 0.5) is 5.69 Å². The largest absolute Gasteiger partial charge is 0.467 e. The molecular formula is C34H33N3O9S. The summed E-state index contributed by atoms with van der Waals surface area (Å²) in [4.78, 5) is 42.5. The van der Waals surface area contributed by atoms with Crippen molar-refractivity contribution in [1.82, 2.24) is 4.57 Å². The first-order valence-corrected chi connectivity index (χ1v) is 16.1. The normalized spacial score (nSPS) is 15.2. The molecule has 47 heavy (non-hydrogen) atoms. The Kier molecular flexibility index (Phi) is 9.87. The Bertz CT molecular complexity index is 2000. The molecule has 0 bridgehead atoms. The van der Waals surface area contributed by atoms with Gasteiger partial charge in [-0.25, -0.2) is 22.8 Å². The number of para-hydroxylation sites is 1. The highest BCUT2D eigenvalue weighted by Gasteiger charge is 2.28. The van der Waals surface area contributed by atoms with E-state index in [0.29, 0.717) is 17.5 Å². The van der Waals surface area contributed by atoms with Crippen molar-refractivity contribution >= 4 is 56.3 Å². The molecule has 3 aromatic carbocycles. The van der Waals surface area contributed by atoms with E-state index >= 15 is 0 Å². The van der Waals surface area contributed by atoms with Crippen LogP contribution in [-0.2, 0) is 38.7 Å². The van der Waals surface area contributed by atoms with Crippen molar-refractivity contribution in [3.05, 3.63) is 101 Å². The Morgan fingerprint density at radius 2 is 1.77 bits per heavy atom. The van der Waals surface area contributed by atoms with Gasteiger partial charge >= 0.3 is 17.9 Å². The summed E-state index contributed by atoms with van der Waals surface area (Å²) in [5.74, 6) is -1.68. The molecule has 0 radical (unpaired) electrons. The van der Waals surface area contributed by atoms with Crippen molar-refractivity contribution in [2.75, 3.05) is 25.5 Å². The SMILES string of the molecule is COC(=O)C(C)n1cc(/C=C2\C(=O)ON=C2c2ccc(S(=O)(=O)Nc3cccc(C(=O)OCCC(C)OC)c3)cc2)c2ccccc21. The van der Waals surface area contributed by atoms with Crippen LogP contribution in [0, 0.1) is 0 Å². The van der Waals surface area contributed by atoms with Crippen LogP contribution < -0.4 is 4.72 Å². The second kappa shape index (κ2) is 14.0. The molecule has 0 aliphatic carbocycles. The average Bonchev–Trinajstić information content (AvgIpc) is 3.63. The first-order chi connectivity index (χ1) is 22.5. The smallest absolute Gasteiger partial charge is 0.368 e. The Hall–Kier alpha value is -5.27. The van der Waals surface area contributed by atoms with E-state index in [4.69, 9.17) is 19.0 Å². The molecule has 0 fully saturated rings. The summed E-state index contributed by atoms with van der Waals surface area (Å²) >= 11 is 0. The van der Waals surface area contributed by atoms with Crippen molar-refractivity contribution in [2.24, 2.45) is 5.16 Å². The molecule has 1 aliphatic rings. The molecule has 1 aliphatic heterocycles. The Labute approximate surface area is 271 Å². The lowest BCUT2D eigenvalue weighted by Gasteiger charge is -2.12. The minimum Gasteiger partial charge on any atom is -0.467 e. The lowest BCUT2D eigenvalue weighted by Crippen LogP contribution is -2.16. The molecule has 12 nitrogen and oxygen atoms in total. The second-order valence-corrected chi connectivity index (χ2v) is 12.4. The highest BCUT2D eigenvalue weighted by atomic mass is 32.2. The van der Waals surface area contributed by atoms with Crippen LogP contribution in [-0.4, -0.2) is 63.5 Å². The monoisotopic (exact) mass is 659 g/mol. The minimum absolute atomic E-state index is 0.0565. The lowest BCUT2D eigenvalue weighted by atomic mass is 10.0. The van der Waals surface area contributed by atoms with Crippen molar-refractivity contribution < 1.29 is 41.8 Å². The Morgan fingerprint density at radius 1 is 1.02 bits per heavy atom. The van der Waals surface area contributed by atoms with E-state index in [-0.39, 0.29) is 40.1 Å². The molecule has 4 aromatic rings.